The standard InChI is InChI=1S/C13H17ClN2O2/c1-15-8-10-9-16(6-7-18-10)13(17)11-4-2-3-5-12(11)14/h2-5,10,15H,6-9H2,1H3. The summed E-state index contributed by atoms with van der Waals surface area (Å²) in [6.07, 6.45) is 0.0511. The maximum absolute atomic E-state index is 12.3. The lowest BCUT2D eigenvalue weighted by molar-refractivity contribution is -0.0196. The van der Waals surface area contributed by atoms with Crippen LogP contribution in [0.1, 0.15) is 10.4 Å². The molecule has 1 N–H and O–H groups in total. The second-order valence-electron chi connectivity index (χ2n) is 4.28. The van der Waals surface area contributed by atoms with Gasteiger partial charge in [-0.15, -0.1) is 0 Å². The molecule has 1 aromatic rings. The second kappa shape index (κ2) is 6.18. The van der Waals surface area contributed by atoms with E-state index in [9.17, 15) is 4.79 Å². The Morgan fingerprint density at radius 2 is 2.33 bits per heavy atom. The number of nitrogens with zero attached hydrogens (tertiary/aromatic N) is 1. The molecule has 0 radical (unpaired) electrons. The molecular weight excluding hydrogens is 252 g/mol. The van der Waals surface area contributed by atoms with E-state index in [4.69, 9.17) is 16.3 Å². The Bertz CT molecular complexity index is 423. The third-order valence-electron chi connectivity index (χ3n) is 2.96. The van der Waals surface area contributed by atoms with Crippen molar-refractivity contribution in [2.75, 3.05) is 33.3 Å². The highest BCUT2D eigenvalue weighted by Gasteiger charge is 2.25. The lowest BCUT2D eigenvalue weighted by atomic mass is 10.1. The Labute approximate surface area is 112 Å². The molecule has 1 aliphatic heterocycles. The van der Waals surface area contributed by atoms with Crippen LogP contribution >= 0.6 is 11.6 Å². The predicted molar refractivity (Wildman–Crippen MR) is 71.0 cm³/mol. The molecule has 0 aliphatic carbocycles. The molecule has 1 atom stereocenters. The number of hydrogen-bond acceptors (Lipinski definition) is 3. The molecule has 18 heavy (non-hydrogen) atoms. The summed E-state index contributed by atoms with van der Waals surface area (Å²) in [5.74, 6) is -0.0231. The van der Waals surface area contributed by atoms with E-state index in [0.717, 1.165) is 6.54 Å². The average Bonchev–Trinajstić information content (AvgIpc) is 2.39. The fraction of sp³-hybridized carbons (Fsp3) is 0.462. The summed E-state index contributed by atoms with van der Waals surface area (Å²) in [4.78, 5) is 14.1. The van der Waals surface area contributed by atoms with Crippen LogP contribution in [0.15, 0.2) is 24.3 Å². The first-order valence-corrected chi connectivity index (χ1v) is 6.40. The van der Waals surface area contributed by atoms with Crippen molar-refractivity contribution < 1.29 is 9.53 Å². The number of hydrogen-bond donors (Lipinski definition) is 1. The number of carbonyl (C=O) groups excluding carboxylic acids is 1. The number of benzene rings is 1. The number of nitrogens with one attached hydrogen (secondary N) is 1. The van der Waals surface area contributed by atoms with E-state index >= 15 is 0 Å². The van der Waals surface area contributed by atoms with Crippen LogP contribution in [0.2, 0.25) is 5.02 Å². The van der Waals surface area contributed by atoms with Crippen molar-refractivity contribution in [1.29, 1.82) is 0 Å². The normalized spacial score (nSPS) is 19.9. The van der Waals surface area contributed by atoms with Gasteiger partial charge in [0.15, 0.2) is 0 Å². The van der Waals surface area contributed by atoms with Crippen molar-refractivity contribution in [3.8, 4) is 0 Å². The van der Waals surface area contributed by atoms with Crippen LogP contribution in [0.3, 0.4) is 0 Å². The maximum atomic E-state index is 12.3. The Balaban J connectivity index is 2.07. The minimum atomic E-state index is -0.0231. The van der Waals surface area contributed by atoms with E-state index in [0.29, 0.717) is 30.3 Å². The van der Waals surface area contributed by atoms with Crippen molar-refractivity contribution in [3.63, 3.8) is 0 Å². The Morgan fingerprint density at radius 3 is 3.06 bits per heavy atom. The summed E-state index contributed by atoms with van der Waals surface area (Å²) < 4.78 is 5.58. The van der Waals surface area contributed by atoms with Crippen LogP contribution in [-0.2, 0) is 4.74 Å². The molecule has 1 unspecified atom stereocenters. The number of halogens is 1. The molecule has 1 amide bonds. The molecule has 0 spiro atoms. The van der Waals surface area contributed by atoms with Gasteiger partial charge >= 0.3 is 0 Å². The Kier molecular flexibility index (Phi) is 4.58. The van der Waals surface area contributed by atoms with Gasteiger partial charge in [0.2, 0.25) is 0 Å². The highest BCUT2D eigenvalue weighted by molar-refractivity contribution is 6.33. The van der Waals surface area contributed by atoms with E-state index in [1.807, 2.05) is 19.2 Å². The second-order valence-corrected chi connectivity index (χ2v) is 4.69. The number of likely N-dealkylation sites (N-methyl/N-ethyl adjacent to an activating group) is 1. The first kappa shape index (κ1) is 13.3. The molecule has 1 saturated heterocycles. The highest BCUT2D eigenvalue weighted by Crippen LogP contribution is 2.18. The van der Waals surface area contributed by atoms with Gasteiger partial charge in [-0.25, -0.2) is 0 Å². The zero-order valence-corrected chi connectivity index (χ0v) is 11.1. The summed E-state index contributed by atoms with van der Waals surface area (Å²) in [6, 6.07) is 7.14. The first-order valence-electron chi connectivity index (χ1n) is 6.02. The maximum Gasteiger partial charge on any atom is 0.255 e. The number of amides is 1. The molecule has 0 saturated carbocycles. The number of rotatable bonds is 3. The van der Waals surface area contributed by atoms with Crippen LogP contribution in [0, 0.1) is 0 Å². The first-order chi connectivity index (χ1) is 8.72. The molecule has 1 aromatic carbocycles. The van der Waals surface area contributed by atoms with Gasteiger partial charge in [0.05, 0.1) is 23.3 Å². The monoisotopic (exact) mass is 268 g/mol. The molecule has 98 valence electrons. The molecule has 1 aliphatic rings. The number of morpholine rings is 1. The minimum Gasteiger partial charge on any atom is -0.373 e. The van der Waals surface area contributed by atoms with Crippen LogP contribution in [-0.4, -0.2) is 50.2 Å². The van der Waals surface area contributed by atoms with Crippen LogP contribution in [0.25, 0.3) is 0 Å². The van der Waals surface area contributed by atoms with Crippen molar-refractivity contribution in [2.24, 2.45) is 0 Å². The summed E-state index contributed by atoms with van der Waals surface area (Å²) in [5, 5.41) is 3.56. The molecule has 0 bridgehead atoms. The largest absolute Gasteiger partial charge is 0.373 e. The van der Waals surface area contributed by atoms with Crippen molar-refractivity contribution in [1.82, 2.24) is 10.2 Å². The molecular formula is C13H17ClN2O2. The Hall–Kier alpha value is -1.10. The van der Waals surface area contributed by atoms with E-state index in [2.05, 4.69) is 5.32 Å². The van der Waals surface area contributed by atoms with E-state index in [1.165, 1.54) is 0 Å². The number of carbonyl (C=O) groups is 1. The Morgan fingerprint density at radius 1 is 1.56 bits per heavy atom. The molecule has 0 aromatic heterocycles. The molecule has 4 nitrogen and oxygen atoms in total. The van der Waals surface area contributed by atoms with Crippen molar-refractivity contribution in [2.45, 2.75) is 6.10 Å². The van der Waals surface area contributed by atoms with Gasteiger partial charge in [-0.05, 0) is 19.2 Å². The lowest BCUT2D eigenvalue weighted by Crippen LogP contribution is -2.48. The highest BCUT2D eigenvalue weighted by atomic mass is 35.5. The molecule has 1 fully saturated rings. The van der Waals surface area contributed by atoms with Gasteiger partial charge in [-0.2, -0.15) is 0 Å². The SMILES string of the molecule is CNCC1CN(C(=O)c2ccccc2Cl)CCO1. The lowest BCUT2D eigenvalue weighted by Gasteiger charge is -2.33. The van der Waals surface area contributed by atoms with Crippen LogP contribution in [0.5, 0.6) is 0 Å². The zero-order valence-electron chi connectivity index (χ0n) is 10.4. The van der Waals surface area contributed by atoms with E-state index < -0.39 is 0 Å². The van der Waals surface area contributed by atoms with Crippen molar-refractivity contribution >= 4 is 17.5 Å². The third kappa shape index (κ3) is 3.02. The fourth-order valence-electron chi connectivity index (χ4n) is 2.06. The summed E-state index contributed by atoms with van der Waals surface area (Å²) in [6.45, 7) is 2.53. The summed E-state index contributed by atoms with van der Waals surface area (Å²) in [7, 11) is 1.87. The average molecular weight is 269 g/mol. The fourth-order valence-corrected chi connectivity index (χ4v) is 2.28. The van der Waals surface area contributed by atoms with E-state index in [-0.39, 0.29) is 12.0 Å². The number of ether oxygens (including phenoxy) is 1. The third-order valence-corrected chi connectivity index (χ3v) is 3.29. The van der Waals surface area contributed by atoms with Gasteiger partial charge in [0.1, 0.15) is 0 Å². The minimum absolute atomic E-state index is 0.0231. The summed E-state index contributed by atoms with van der Waals surface area (Å²) >= 11 is 6.04. The van der Waals surface area contributed by atoms with Gasteiger partial charge < -0.3 is 15.0 Å². The topological polar surface area (TPSA) is 41.6 Å². The zero-order chi connectivity index (χ0) is 13.0. The summed E-state index contributed by atoms with van der Waals surface area (Å²) in [5.41, 5.74) is 0.560. The van der Waals surface area contributed by atoms with Gasteiger partial charge in [0.25, 0.3) is 5.91 Å². The van der Waals surface area contributed by atoms with Gasteiger partial charge in [0, 0.05) is 19.6 Å². The molecule has 2 rings (SSSR count). The van der Waals surface area contributed by atoms with Gasteiger partial charge in [-0.1, -0.05) is 23.7 Å². The van der Waals surface area contributed by atoms with Crippen molar-refractivity contribution in [3.05, 3.63) is 34.9 Å². The predicted octanol–water partition coefficient (Wildman–Crippen LogP) is 1.40. The molecule has 1 heterocycles. The van der Waals surface area contributed by atoms with Crippen LogP contribution < -0.4 is 5.32 Å². The quantitative estimate of drug-likeness (QED) is 0.901. The van der Waals surface area contributed by atoms with Crippen LogP contribution in [0.4, 0.5) is 0 Å². The molecule has 5 heteroatoms. The smallest absolute Gasteiger partial charge is 0.255 e. The van der Waals surface area contributed by atoms with Gasteiger partial charge in [-0.3, -0.25) is 4.79 Å². The van der Waals surface area contributed by atoms with E-state index in [1.54, 1.807) is 17.0 Å².